The minimum atomic E-state index is -4.97. The van der Waals surface area contributed by atoms with Crippen LogP contribution in [0.2, 0.25) is 0 Å². The highest BCUT2D eigenvalue weighted by Gasteiger charge is 2.52. The number of likely N-dealkylation sites (tertiary alicyclic amines) is 1. The topological polar surface area (TPSA) is 49.8 Å². The highest BCUT2D eigenvalue weighted by atomic mass is 19.4. The number of hydrogen-bond donors (Lipinski definition) is 1. The monoisotopic (exact) mass is 591 g/mol. The predicted octanol–water partition coefficient (Wildman–Crippen LogP) is 7.76. The maximum atomic E-state index is 13.5. The summed E-state index contributed by atoms with van der Waals surface area (Å²) in [6.45, 7) is 3.60. The fraction of sp³-hybridized carbons (Fsp3) is 0.406. The lowest BCUT2D eigenvalue weighted by Crippen LogP contribution is -2.40. The lowest BCUT2D eigenvalue weighted by Gasteiger charge is -2.41. The summed E-state index contributed by atoms with van der Waals surface area (Å²) in [6, 6.07) is 17.7. The molecule has 3 aromatic carbocycles. The molecule has 0 spiro atoms. The van der Waals surface area contributed by atoms with Crippen LogP contribution in [0.1, 0.15) is 70.0 Å². The number of alkyl halides is 6. The van der Waals surface area contributed by atoms with Crippen molar-refractivity contribution in [2.45, 2.75) is 63.4 Å². The van der Waals surface area contributed by atoms with E-state index in [9.17, 15) is 36.2 Å². The van der Waals surface area contributed by atoms with Crippen molar-refractivity contribution in [2.75, 3.05) is 6.54 Å². The van der Waals surface area contributed by atoms with Gasteiger partial charge in [-0.1, -0.05) is 42.5 Å². The number of rotatable bonds is 5. The number of amides is 1. The van der Waals surface area contributed by atoms with Crippen LogP contribution >= 0.6 is 0 Å². The second-order valence-corrected chi connectivity index (χ2v) is 11.2. The van der Waals surface area contributed by atoms with Crippen molar-refractivity contribution in [2.24, 2.45) is 11.8 Å². The average molecular weight is 592 g/mol. The molecule has 1 N–H and O–H groups in total. The summed E-state index contributed by atoms with van der Waals surface area (Å²) in [5, 5.41) is 11.3. The Kier molecular flexibility index (Phi) is 8.15. The average Bonchev–Trinajstić information content (AvgIpc) is 3.28. The van der Waals surface area contributed by atoms with Gasteiger partial charge >= 0.3 is 12.4 Å². The first kappa shape index (κ1) is 30.1. The number of carbonyl (C=O) groups is 1. The minimum absolute atomic E-state index is 0.107. The number of ether oxygens (including phenoxy) is 1. The quantitative estimate of drug-likeness (QED) is 0.309. The molecule has 1 saturated heterocycles. The summed E-state index contributed by atoms with van der Waals surface area (Å²) in [5.74, 6) is -1.19. The van der Waals surface area contributed by atoms with Crippen molar-refractivity contribution >= 4 is 5.91 Å². The fourth-order valence-corrected chi connectivity index (χ4v) is 6.53. The molecule has 1 saturated carbocycles. The Bertz CT molecular complexity index is 1390. The molecule has 0 radical (unpaired) electrons. The van der Waals surface area contributed by atoms with E-state index in [0.29, 0.717) is 30.5 Å². The highest BCUT2D eigenvalue weighted by molar-refractivity contribution is 5.94. The van der Waals surface area contributed by atoms with Gasteiger partial charge in [0, 0.05) is 23.9 Å². The van der Waals surface area contributed by atoms with E-state index in [1.807, 2.05) is 31.2 Å². The van der Waals surface area contributed by atoms with Gasteiger partial charge in [-0.25, -0.2) is 0 Å². The zero-order chi connectivity index (χ0) is 30.4. The molecule has 42 heavy (non-hydrogen) atoms. The molecule has 6 atom stereocenters. The molecule has 4 nitrogen and oxygen atoms in total. The molecule has 3 aromatic rings. The first-order valence-corrected chi connectivity index (χ1v) is 13.8. The van der Waals surface area contributed by atoms with Gasteiger partial charge in [-0.3, -0.25) is 4.79 Å². The molecule has 1 unspecified atom stereocenters. The number of nitrogens with zero attached hydrogens (tertiary/aromatic N) is 1. The maximum absolute atomic E-state index is 13.5. The van der Waals surface area contributed by atoms with E-state index >= 15 is 0 Å². The zero-order valence-corrected chi connectivity index (χ0v) is 23.0. The van der Waals surface area contributed by atoms with Crippen LogP contribution in [0.5, 0.6) is 0 Å². The molecule has 1 aliphatic carbocycles. The van der Waals surface area contributed by atoms with E-state index in [0.717, 1.165) is 11.1 Å². The summed E-state index contributed by atoms with van der Waals surface area (Å²) in [4.78, 5) is 14.8. The smallest absolute Gasteiger partial charge is 0.373 e. The number of aliphatic hydroxyl groups is 1. The summed E-state index contributed by atoms with van der Waals surface area (Å²) >= 11 is 0. The van der Waals surface area contributed by atoms with Gasteiger partial charge < -0.3 is 14.7 Å². The summed E-state index contributed by atoms with van der Waals surface area (Å²) in [7, 11) is 0. The van der Waals surface area contributed by atoms with Crippen LogP contribution in [0, 0.1) is 18.8 Å². The first-order chi connectivity index (χ1) is 19.8. The van der Waals surface area contributed by atoms with Gasteiger partial charge in [-0.2, -0.15) is 26.3 Å². The number of aliphatic hydroxyl groups excluding tert-OH is 1. The molecule has 1 heterocycles. The molecule has 2 aliphatic rings. The normalized spacial score (nSPS) is 25.3. The second-order valence-electron chi connectivity index (χ2n) is 11.2. The van der Waals surface area contributed by atoms with Crippen molar-refractivity contribution in [3.63, 3.8) is 0 Å². The maximum Gasteiger partial charge on any atom is 0.416 e. The van der Waals surface area contributed by atoms with Gasteiger partial charge in [0.25, 0.3) is 5.91 Å². The zero-order valence-electron chi connectivity index (χ0n) is 23.0. The Labute approximate surface area is 239 Å². The molecule has 1 amide bonds. The van der Waals surface area contributed by atoms with Crippen LogP contribution in [0.25, 0.3) is 0 Å². The largest absolute Gasteiger partial charge is 0.416 e. The number of aryl methyl sites for hydroxylation is 1. The van der Waals surface area contributed by atoms with Crippen LogP contribution in [-0.2, 0) is 17.1 Å². The molecule has 2 fully saturated rings. The van der Waals surface area contributed by atoms with E-state index in [-0.39, 0.29) is 41.8 Å². The number of fused-ring (bicyclic) bond motifs is 1. The van der Waals surface area contributed by atoms with Crippen LogP contribution in [-0.4, -0.2) is 34.8 Å². The van der Waals surface area contributed by atoms with Gasteiger partial charge in [-0.05, 0) is 79.6 Å². The Hall–Kier alpha value is -3.37. The number of carbonyl (C=O) groups excluding carboxylic acids is 1. The molecule has 5 rings (SSSR count). The lowest BCUT2D eigenvalue weighted by atomic mass is 9.68. The predicted molar refractivity (Wildman–Crippen MR) is 143 cm³/mol. The van der Waals surface area contributed by atoms with Crippen molar-refractivity contribution in [3.05, 3.63) is 106 Å². The first-order valence-electron chi connectivity index (χ1n) is 13.8. The third-order valence-electron chi connectivity index (χ3n) is 8.59. The van der Waals surface area contributed by atoms with E-state index in [1.54, 1.807) is 30.3 Å². The SMILES string of the molecule is Cc1ccccc1[C@H]1[C@@H]2CN(C(=O)c3ccccc3)C(O)[C@H]2CC[C@@H]1O[C@H](C)c1cc(C(F)(F)F)cc(C(F)(F)F)c1. The van der Waals surface area contributed by atoms with Crippen LogP contribution in [0.15, 0.2) is 72.8 Å². The van der Waals surface area contributed by atoms with Crippen molar-refractivity contribution in [3.8, 4) is 0 Å². The van der Waals surface area contributed by atoms with Crippen LogP contribution in [0.3, 0.4) is 0 Å². The third kappa shape index (κ3) is 5.92. The van der Waals surface area contributed by atoms with E-state index in [2.05, 4.69) is 0 Å². The Morgan fingerprint density at radius 3 is 2.07 bits per heavy atom. The van der Waals surface area contributed by atoms with Gasteiger partial charge in [-0.15, -0.1) is 0 Å². The summed E-state index contributed by atoms with van der Waals surface area (Å²) in [6.07, 6.45) is -11.8. The number of hydrogen-bond acceptors (Lipinski definition) is 3. The van der Waals surface area contributed by atoms with Gasteiger partial charge in [0.05, 0.1) is 23.3 Å². The van der Waals surface area contributed by atoms with E-state index in [4.69, 9.17) is 4.74 Å². The third-order valence-corrected chi connectivity index (χ3v) is 8.59. The standard InChI is InChI=1S/C32H31F6NO3/c1-18-8-6-7-11-24(18)28-26-17-39(29(40)20-9-4-3-5-10-20)30(41)25(26)12-13-27(28)42-19(2)21-14-22(31(33,34)35)16-23(15-21)32(36,37)38/h3-11,14-16,19,25-28,30,41H,12-13,17H2,1-2H3/t19-,25+,26-,27+,28+,30?/m1/s1. The van der Waals surface area contributed by atoms with Gasteiger partial charge in [0.1, 0.15) is 6.23 Å². The molecular formula is C32H31F6NO3. The van der Waals surface area contributed by atoms with Gasteiger partial charge in [0.2, 0.25) is 0 Å². The van der Waals surface area contributed by atoms with E-state index < -0.39 is 41.9 Å². The van der Waals surface area contributed by atoms with Crippen LogP contribution in [0.4, 0.5) is 26.3 Å². The Balaban J connectivity index is 1.48. The van der Waals surface area contributed by atoms with Crippen LogP contribution < -0.4 is 0 Å². The van der Waals surface area contributed by atoms with Gasteiger partial charge in [0.15, 0.2) is 0 Å². The fourth-order valence-electron chi connectivity index (χ4n) is 6.53. The van der Waals surface area contributed by atoms with E-state index in [1.165, 1.54) is 11.8 Å². The van der Waals surface area contributed by atoms with Crippen molar-refractivity contribution < 1.29 is 41.0 Å². The van der Waals surface area contributed by atoms with Crippen molar-refractivity contribution in [1.82, 2.24) is 4.90 Å². The minimum Gasteiger partial charge on any atom is -0.373 e. The van der Waals surface area contributed by atoms with Crippen molar-refractivity contribution in [1.29, 1.82) is 0 Å². The molecule has 1 aliphatic heterocycles. The lowest BCUT2D eigenvalue weighted by molar-refractivity contribution is -0.143. The molecule has 10 heteroatoms. The number of benzene rings is 3. The Morgan fingerprint density at radius 1 is 0.881 bits per heavy atom. The molecule has 0 aromatic heterocycles. The Morgan fingerprint density at radius 2 is 1.48 bits per heavy atom. The summed E-state index contributed by atoms with van der Waals surface area (Å²) < 4.78 is 87.5. The molecular weight excluding hydrogens is 560 g/mol. The molecule has 0 bridgehead atoms. The number of halogens is 6. The highest BCUT2D eigenvalue weighted by Crippen LogP contribution is 2.50. The molecule has 224 valence electrons. The summed E-state index contributed by atoms with van der Waals surface area (Å²) in [5.41, 5.74) is -0.730. The second kappa shape index (κ2) is 11.4.